The predicted octanol–water partition coefficient (Wildman–Crippen LogP) is 0.549. The van der Waals surface area contributed by atoms with Crippen LogP contribution < -0.4 is 0 Å². The summed E-state index contributed by atoms with van der Waals surface area (Å²) in [4.78, 5) is 11.8. The highest BCUT2D eigenvalue weighted by Gasteiger charge is 2.28. The molecule has 0 saturated carbocycles. The summed E-state index contributed by atoms with van der Waals surface area (Å²) >= 11 is 0. The first-order chi connectivity index (χ1) is 7.71. The van der Waals surface area contributed by atoms with Crippen molar-refractivity contribution in [2.45, 2.75) is 19.3 Å². The van der Waals surface area contributed by atoms with Crippen LogP contribution in [0.2, 0.25) is 0 Å². The summed E-state index contributed by atoms with van der Waals surface area (Å²) in [5.41, 5.74) is 0. The molecule has 1 fully saturated rings. The van der Waals surface area contributed by atoms with E-state index in [-0.39, 0.29) is 12.6 Å². The quantitative estimate of drug-likeness (QED) is 0.746. The van der Waals surface area contributed by atoms with Crippen molar-refractivity contribution < 1.29 is 17.9 Å². The van der Waals surface area contributed by atoms with E-state index < -0.39 is 17.4 Å². The normalized spacial score (nSPS) is 22.6. The number of hydrogen-bond acceptors (Lipinski definition) is 4. The van der Waals surface area contributed by atoms with Crippen LogP contribution in [0.1, 0.15) is 19.3 Å². The molecule has 0 amide bonds. The molecule has 1 heterocycles. The number of nitrogens with zero attached hydrogens (tertiary/aromatic N) is 2. The molecular weight excluding hydrogens is 263 g/mol. The molecule has 0 aromatic rings. The second-order valence-electron chi connectivity index (χ2n) is 4.67. The van der Waals surface area contributed by atoms with Crippen LogP contribution in [0.3, 0.4) is 0 Å². The summed E-state index contributed by atoms with van der Waals surface area (Å²) in [6.45, 7) is 1.65. The van der Waals surface area contributed by atoms with Crippen molar-refractivity contribution in [1.82, 2.24) is 9.21 Å². The molecule has 102 valence electrons. The molecule has 6 nitrogen and oxygen atoms in total. The van der Waals surface area contributed by atoms with E-state index in [1.54, 1.807) is 0 Å². The van der Waals surface area contributed by atoms with Gasteiger partial charge in [-0.15, -0.1) is 0 Å². The van der Waals surface area contributed by atoms with Crippen molar-refractivity contribution in [3.05, 3.63) is 0 Å². The summed E-state index contributed by atoms with van der Waals surface area (Å²) < 4.78 is 35.3. The maximum absolute atomic E-state index is 11.9. The van der Waals surface area contributed by atoms with E-state index in [0.29, 0.717) is 0 Å². The second-order valence-corrected chi connectivity index (χ2v) is 9.02. The van der Waals surface area contributed by atoms with E-state index >= 15 is 0 Å². The third-order valence-corrected chi connectivity index (χ3v) is 6.02. The smallest absolute Gasteiger partial charge is 0.228 e. The van der Waals surface area contributed by atoms with E-state index in [1.807, 2.05) is 4.90 Å². The topological polar surface area (TPSA) is 77.9 Å². The highest BCUT2D eigenvalue weighted by molar-refractivity contribution is 7.88. The van der Waals surface area contributed by atoms with Gasteiger partial charge < -0.3 is 4.89 Å². The molecule has 0 bridgehead atoms. The van der Waals surface area contributed by atoms with Crippen molar-refractivity contribution in [3.8, 4) is 0 Å². The van der Waals surface area contributed by atoms with Crippen LogP contribution in [-0.4, -0.2) is 61.5 Å². The molecule has 0 aromatic heterocycles. The highest BCUT2D eigenvalue weighted by Crippen LogP contribution is 2.42. The number of likely N-dealkylation sites (tertiary alicyclic amines) is 1. The second kappa shape index (κ2) is 5.80. The van der Waals surface area contributed by atoms with E-state index in [4.69, 9.17) is 0 Å². The van der Waals surface area contributed by atoms with Gasteiger partial charge in [-0.05, 0) is 25.9 Å². The maximum atomic E-state index is 11.9. The average Bonchev–Trinajstić information content (AvgIpc) is 2.16. The number of piperidine rings is 1. The van der Waals surface area contributed by atoms with Gasteiger partial charge in [-0.3, -0.25) is 9.46 Å². The van der Waals surface area contributed by atoms with Crippen LogP contribution in [0.5, 0.6) is 0 Å². The van der Waals surface area contributed by atoms with Crippen molar-refractivity contribution in [3.63, 3.8) is 0 Å². The molecule has 1 saturated heterocycles. The van der Waals surface area contributed by atoms with E-state index in [2.05, 4.69) is 0 Å². The fraction of sp³-hybridized carbons (Fsp3) is 1.00. The summed E-state index contributed by atoms with van der Waals surface area (Å²) in [5.74, 6) is 0. The molecule has 0 aromatic carbocycles. The Kier molecular flexibility index (Phi) is 5.16. The Morgan fingerprint density at radius 3 is 2.29 bits per heavy atom. The fourth-order valence-corrected chi connectivity index (χ4v) is 4.87. The molecule has 0 spiro atoms. The van der Waals surface area contributed by atoms with Gasteiger partial charge in [-0.1, -0.05) is 6.42 Å². The third kappa shape index (κ3) is 5.48. The van der Waals surface area contributed by atoms with Crippen molar-refractivity contribution in [1.29, 1.82) is 0 Å². The monoisotopic (exact) mass is 284 g/mol. The molecule has 1 atom stereocenters. The Bertz CT molecular complexity index is 392. The molecule has 0 radical (unpaired) electrons. The van der Waals surface area contributed by atoms with E-state index in [9.17, 15) is 17.9 Å². The summed E-state index contributed by atoms with van der Waals surface area (Å²) in [5, 5.41) is 0. The SMILES string of the molecule is CN(CP(=O)(O)CN1CCCCC1)S(C)(=O)=O. The van der Waals surface area contributed by atoms with E-state index in [0.717, 1.165) is 42.9 Å². The molecule has 0 aliphatic carbocycles. The van der Waals surface area contributed by atoms with Gasteiger partial charge in [0, 0.05) is 7.05 Å². The Morgan fingerprint density at radius 2 is 1.82 bits per heavy atom. The van der Waals surface area contributed by atoms with Crippen molar-refractivity contribution >= 4 is 17.4 Å². The molecule has 1 N–H and O–H groups in total. The van der Waals surface area contributed by atoms with Crippen molar-refractivity contribution in [2.24, 2.45) is 0 Å². The highest BCUT2D eigenvalue weighted by atomic mass is 32.2. The van der Waals surface area contributed by atoms with Crippen LogP contribution in [-0.2, 0) is 14.6 Å². The first-order valence-electron chi connectivity index (χ1n) is 5.65. The lowest BCUT2D eigenvalue weighted by atomic mass is 10.1. The molecular formula is C9H21N2O4PS. The van der Waals surface area contributed by atoms with Gasteiger partial charge in [0.05, 0.1) is 18.8 Å². The minimum absolute atomic E-state index is 0.0901. The van der Waals surface area contributed by atoms with Gasteiger partial charge in [0.2, 0.25) is 17.4 Å². The standard InChI is InChI=1S/C9H21N2O4PS/c1-10(17(2,14)15)8-16(12,13)9-11-6-4-3-5-7-11/h3-9H2,1-2H3,(H,12,13). The first-order valence-corrected chi connectivity index (χ1v) is 9.53. The molecule has 1 aliphatic heterocycles. The Hall–Kier alpha value is 0.0600. The average molecular weight is 284 g/mol. The maximum Gasteiger partial charge on any atom is 0.228 e. The lowest BCUT2D eigenvalue weighted by Gasteiger charge is -2.29. The summed E-state index contributed by atoms with van der Waals surface area (Å²) in [6.07, 6.45) is 4.07. The van der Waals surface area contributed by atoms with Gasteiger partial charge >= 0.3 is 0 Å². The number of rotatable bonds is 5. The Morgan fingerprint density at radius 1 is 1.29 bits per heavy atom. The number of hydrogen-bond donors (Lipinski definition) is 1. The molecule has 1 unspecified atom stereocenters. The third-order valence-electron chi connectivity index (χ3n) is 2.86. The fourth-order valence-electron chi connectivity index (χ4n) is 1.87. The molecule has 17 heavy (non-hydrogen) atoms. The lowest BCUT2D eigenvalue weighted by molar-refractivity contribution is 0.252. The van der Waals surface area contributed by atoms with E-state index in [1.165, 1.54) is 7.05 Å². The van der Waals surface area contributed by atoms with Gasteiger partial charge in [0.25, 0.3) is 0 Å². The summed E-state index contributed by atoms with van der Waals surface area (Å²) in [6, 6.07) is 0. The van der Waals surface area contributed by atoms with Crippen LogP contribution in [0.4, 0.5) is 0 Å². The largest absolute Gasteiger partial charge is 0.343 e. The zero-order chi connectivity index (χ0) is 13.1. The van der Waals surface area contributed by atoms with Crippen molar-refractivity contribution in [2.75, 3.05) is 39.0 Å². The van der Waals surface area contributed by atoms with Gasteiger partial charge in [0.1, 0.15) is 0 Å². The minimum Gasteiger partial charge on any atom is -0.343 e. The zero-order valence-electron chi connectivity index (χ0n) is 10.4. The Balaban J connectivity index is 2.53. The van der Waals surface area contributed by atoms with Crippen LogP contribution >= 0.6 is 7.37 Å². The van der Waals surface area contributed by atoms with Crippen LogP contribution in [0.25, 0.3) is 0 Å². The molecule has 1 aliphatic rings. The lowest BCUT2D eigenvalue weighted by Crippen LogP contribution is -2.33. The summed E-state index contributed by atoms with van der Waals surface area (Å²) in [7, 11) is -5.51. The minimum atomic E-state index is -3.44. The van der Waals surface area contributed by atoms with Gasteiger partial charge in [-0.2, -0.15) is 4.31 Å². The van der Waals surface area contributed by atoms with Crippen LogP contribution in [0.15, 0.2) is 0 Å². The van der Waals surface area contributed by atoms with Gasteiger partial charge in [-0.25, -0.2) is 8.42 Å². The molecule has 1 rings (SSSR count). The zero-order valence-corrected chi connectivity index (χ0v) is 12.1. The predicted molar refractivity (Wildman–Crippen MR) is 67.6 cm³/mol. The first kappa shape index (κ1) is 15.1. The van der Waals surface area contributed by atoms with Crippen LogP contribution in [0, 0.1) is 0 Å². The number of sulfonamides is 1. The Labute approximate surface area is 103 Å². The molecule has 8 heteroatoms. The van der Waals surface area contributed by atoms with Gasteiger partial charge in [0.15, 0.2) is 0 Å².